The molecule has 1 aliphatic heterocycles. The molecule has 1 aliphatic rings. The molecule has 0 aliphatic carbocycles. The fraction of sp³-hybridized carbons (Fsp3) is 0.440. The van der Waals surface area contributed by atoms with E-state index in [1.54, 1.807) is 17.0 Å². The van der Waals surface area contributed by atoms with Gasteiger partial charge >= 0.3 is 0 Å². The van der Waals surface area contributed by atoms with E-state index in [9.17, 15) is 9.59 Å². The Morgan fingerprint density at radius 3 is 2.41 bits per heavy atom. The highest BCUT2D eigenvalue weighted by atomic mass is 35.5. The number of halogens is 1. The molecule has 0 spiro atoms. The van der Waals surface area contributed by atoms with Crippen molar-refractivity contribution in [3.05, 3.63) is 70.7 Å². The van der Waals surface area contributed by atoms with E-state index in [-0.39, 0.29) is 11.8 Å². The van der Waals surface area contributed by atoms with E-state index in [2.05, 4.69) is 10.2 Å². The van der Waals surface area contributed by atoms with Gasteiger partial charge in [0.15, 0.2) is 0 Å². The van der Waals surface area contributed by atoms with Crippen LogP contribution in [-0.4, -0.2) is 67.0 Å². The van der Waals surface area contributed by atoms with Gasteiger partial charge < -0.3 is 15.0 Å². The fourth-order valence-electron chi connectivity index (χ4n) is 3.82. The quantitative estimate of drug-likeness (QED) is 0.595. The largest absolute Gasteiger partial charge is 0.379 e. The standard InChI is InChI=1S/C25H32ClN3O3/c1-2-24(30)29(19-21-8-10-22(26)11-9-21)23(18-20-6-4-3-5-7-20)25(31)27-12-13-28-14-16-32-17-15-28/h3-11,23H,2,12-19H2,1H3,(H,27,31)/t23-/m1/s1. The molecule has 0 bridgehead atoms. The number of benzene rings is 2. The summed E-state index contributed by atoms with van der Waals surface area (Å²) in [6.45, 7) is 6.70. The van der Waals surface area contributed by atoms with Crippen molar-refractivity contribution in [3.8, 4) is 0 Å². The average Bonchev–Trinajstić information content (AvgIpc) is 2.83. The van der Waals surface area contributed by atoms with Gasteiger partial charge in [0.05, 0.1) is 13.2 Å². The smallest absolute Gasteiger partial charge is 0.243 e. The monoisotopic (exact) mass is 457 g/mol. The Kier molecular flexibility index (Phi) is 9.53. The molecule has 32 heavy (non-hydrogen) atoms. The summed E-state index contributed by atoms with van der Waals surface area (Å²) < 4.78 is 5.38. The van der Waals surface area contributed by atoms with Gasteiger partial charge in [-0.2, -0.15) is 0 Å². The van der Waals surface area contributed by atoms with Gasteiger partial charge in [-0.25, -0.2) is 0 Å². The molecular weight excluding hydrogens is 426 g/mol. The van der Waals surface area contributed by atoms with E-state index in [0.29, 0.717) is 31.0 Å². The highest BCUT2D eigenvalue weighted by Crippen LogP contribution is 2.17. The van der Waals surface area contributed by atoms with E-state index in [0.717, 1.165) is 44.0 Å². The number of ether oxygens (including phenoxy) is 1. The van der Waals surface area contributed by atoms with Crippen molar-refractivity contribution in [1.82, 2.24) is 15.1 Å². The first-order valence-corrected chi connectivity index (χ1v) is 11.6. The summed E-state index contributed by atoms with van der Waals surface area (Å²) >= 11 is 6.02. The molecule has 6 nitrogen and oxygen atoms in total. The van der Waals surface area contributed by atoms with Crippen LogP contribution in [0.5, 0.6) is 0 Å². The van der Waals surface area contributed by atoms with E-state index in [1.807, 2.05) is 49.4 Å². The third-order valence-electron chi connectivity index (χ3n) is 5.67. The molecule has 1 fully saturated rings. The number of carbonyl (C=O) groups excluding carboxylic acids is 2. The number of rotatable bonds is 10. The van der Waals surface area contributed by atoms with Crippen molar-refractivity contribution in [2.75, 3.05) is 39.4 Å². The number of hydrogen-bond acceptors (Lipinski definition) is 4. The molecule has 1 heterocycles. The molecule has 1 N–H and O–H groups in total. The first-order chi connectivity index (χ1) is 15.6. The summed E-state index contributed by atoms with van der Waals surface area (Å²) in [6, 6.07) is 16.6. The third-order valence-corrected chi connectivity index (χ3v) is 5.92. The van der Waals surface area contributed by atoms with E-state index in [1.165, 1.54) is 0 Å². The van der Waals surface area contributed by atoms with Gasteiger partial charge in [0.25, 0.3) is 0 Å². The molecule has 0 unspecified atom stereocenters. The average molecular weight is 458 g/mol. The maximum Gasteiger partial charge on any atom is 0.243 e. The van der Waals surface area contributed by atoms with E-state index < -0.39 is 6.04 Å². The van der Waals surface area contributed by atoms with Crippen LogP contribution in [0.4, 0.5) is 0 Å². The Bertz CT molecular complexity index is 854. The van der Waals surface area contributed by atoms with Crippen LogP contribution >= 0.6 is 11.6 Å². The minimum atomic E-state index is -0.592. The van der Waals surface area contributed by atoms with Crippen LogP contribution in [-0.2, 0) is 27.3 Å². The Balaban J connectivity index is 1.75. The van der Waals surface area contributed by atoms with Crippen LogP contribution in [0.25, 0.3) is 0 Å². The van der Waals surface area contributed by atoms with Gasteiger partial charge in [0.1, 0.15) is 6.04 Å². The van der Waals surface area contributed by atoms with Crippen molar-refractivity contribution in [1.29, 1.82) is 0 Å². The van der Waals surface area contributed by atoms with Gasteiger partial charge in [0, 0.05) is 50.6 Å². The topological polar surface area (TPSA) is 61.9 Å². The minimum Gasteiger partial charge on any atom is -0.379 e. The molecule has 0 radical (unpaired) electrons. The first-order valence-electron chi connectivity index (χ1n) is 11.2. The highest BCUT2D eigenvalue weighted by molar-refractivity contribution is 6.30. The van der Waals surface area contributed by atoms with Crippen molar-refractivity contribution >= 4 is 23.4 Å². The molecule has 1 saturated heterocycles. The number of morpholine rings is 1. The summed E-state index contributed by atoms with van der Waals surface area (Å²) in [5.74, 6) is -0.179. The predicted octanol–water partition coefficient (Wildman–Crippen LogP) is 3.14. The summed E-state index contributed by atoms with van der Waals surface area (Å²) in [5.41, 5.74) is 1.96. The Labute approximate surface area is 195 Å². The molecule has 172 valence electrons. The van der Waals surface area contributed by atoms with Crippen molar-refractivity contribution in [2.24, 2.45) is 0 Å². The van der Waals surface area contributed by atoms with Gasteiger partial charge in [-0.1, -0.05) is 61.0 Å². The Hall–Kier alpha value is -2.41. The number of carbonyl (C=O) groups is 2. The number of nitrogens with zero attached hydrogens (tertiary/aromatic N) is 2. The second-order valence-electron chi connectivity index (χ2n) is 7.95. The zero-order valence-electron chi connectivity index (χ0n) is 18.6. The second kappa shape index (κ2) is 12.6. The number of nitrogens with one attached hydrogen (secondary N) is 1. The molecule has 0 aromatic heterocycles. The lowest BCUT2D eigenvalue weighted by Gasteiger charge is -2.32. The van der Waals surface area contributed by atoms with Crippen LogP contribution < -0.4 is 5.32 Å². The lowest BCUT2D eigenvalue weighted by atomic mass is 10.0. The van der Waals surface area contributed by atoms with Crippen molar-refractivity contribution in [2.45, 2.75) is 32.4 Å². The molecule has 1 atom stereocenters. The third kappa shape index (κ3) is 7.33. The summed E-state index contributed by atoms with van der Waals surface area (Å²) in [7, 11) is 0. The summed E-state index contributed by atoms with van der Waals surface area (Å²) in [4.78, 5) is 30.2. The van der Waals surface area contributed by atoms with Crippen LogP contribution in [0.2, 0.25) is 5.02 Å². The van der Waals surface area contributed by atoms with Crippen molar-refractivity contribution in [3.63, 3.8) is 0 Å². The van der Waals surface area contributed by atoms with Gasteiger partial charge in [-0.05, 0) is 23.3 Å². The van der Waals surface area contributed by atoms with Crippen LogP contribution in [0.15, 0.2) is 54.6 Å². The van der Waals surface area contributed by atoms with Crippen molar-refractivity contribution < 1.29 is 14.3 Å². The molecular formula is C25H32ClN3O3. The van der Waals surface area contributed by atoms with E-state index in [4.69, 9.17) is 16.3 Å². The zero-order chi connectivity index (χ0) is 22.8. The van der Waals surface area contributed by atoms with Gasteiger partial charge in [-0.15, -0.1) is 0 Å². The normalized spacial score (nSPS) is 15.2. The lowest BCUT2D eigenvalue weighted by Crippen LogP contribution is -2.51. The molecule has 0 saturated carbocycles. The van der Waals surface area contributed by atoms with Crippen LogP contribution in [0.1, 0.15) is 24.5 Å². The van der Waals surface area contributed by atoms with Gasteiger partial charge in [0.2, 0.25) is 11.8 Å². The van der Waals surface area contributed by atoms with Crippen LogP contribution in [0.3, 0.4) is 0 Å². The Morgan fingerprint density at radius 2 is 1.75 bits per heavy atom. The highest BCUT2D eigenvalue weighted by Gasteiger charge is 2.29. The summed E-state index contributed by atoms with van der Waals surface area (Å²) in [5, 5.41) is 3.71. The maximum atomic E-state index is 13.3. The lowest BCUT2D eigenvalue weighted by molar-refractivity contribution is -0.141. The second-order valence-corrected chi connectivity index (χ2v) is 8.39. The molecule has 2 amide bonds. The van der Waals surface area contributed by atoms with Crippen LogP contribution in [0, 0.1) is 0 Å². The van der Waals surface area contributed by atoms with Gasteiger partial charge in [-0.3, -0.25) is 14.5 Å². The predicted molar refractivity (Wildman–Crippen MR) is 126 cm³/mol. The molecule has 3 rings (SSSR count). The zero-order valence-corrected chi connectivity index (χ0v) is 19.4. The first kappa shape index (κ1) is 24.2. The summed E-state index contributed by atoms with van der Waals surface area (Å²) in [6.07, 6.45) is 0.795. The SMILES string of the molecule is CCC(=O)N(Cc1ccc(Cl)cc1)[C@H](Cc1ccccc1)C(=O)NCCN1CCOCC1. The molecule has 7 heteroatoms. The number of amides is 2. The number of hydrogen-bond donors (Lipinski definition) is 1. The molecule has 2 aromatic carbocycles. The van der Waals surface area contributed by atoms with E-state index >= 15 is 0 Å². The minimum absolute atomic E-state index is 0.0517. The molecule has 2 aromatic rings. The maximum absolute atomic E-state index is 13.3. The fourth-order valence-corrected chi connectivity index (χ4v) is 3.95. The Morgan fingerprint density at radius 1 is 1.06 bits per heavy atom.